The van der Waals surface area contributed by atoms with E-state index in [0.29, 0.717) is 0 Å². The number of imidazole rings is 1. The van der Waals surface area contributed by atoms with Gasteiger partial charge in [-0.1, -0.05) is 6.07 Å². The number of benzene rings is 1. The van der Waals surface area contributed by atoms with Crippen molar-refractivity contribution < 1.29 is 9.47 Å². The first kappa shape index (κ1) is 15.2. The largest absolute Gasteiger partial charge is 0.493 e. The van der Waals surface area contributed by atoms with Crippen molar-refractivity contribution in [2.45, 2.75) is 13.5 Å². The molecule has 1 aromatic carbocycles. The van der Waals surface area contributed by atoms with E-state index in [1.54, 1.807) is 14.2 Å². The van der Waals surface area contributed by atoms with Gasteiger partial charge in [-0.2, -0.15) is 0 Å². The molecule has 0 saturated carbocycles. The average Bonchev–Trinajstić information content (AvgIpc) is 2.98. The molecule has 0 amide bonds. The fraction of sp³-hybridized carbons (Fsp3) is 0.278. The summed E-state index contributed by atoms with van der Waals surface area (Å²) in [6.45, 7) is 2.80. The second-order valence-corrected chi connectivity index (χ2v) is 5.52. The lowest BCUT2D eigenvalue weighted by molar-refractivity contribution is 0.355. The molecule has 0 aliphatic rings. The molecule has 120 valence electrons. The van der Waals surface area contributed by atoms with Gasteiger partial charge in [0.05, 0.1) is 26.5 Å². The number of fused-ring (bicyclic) bond motifs is 1. The molecule has 0 aliphatic carbocycles. The number of ether oxygens (including phenoxy) is 2. The molecule has 0 unspecified atom stereocenters. The zero-order chi connectivity index (χ0) is 16.4. The van der Waals surface area contributed by atoms with E-state index in [-0.39, 0.29) is 0 Å². The molecule has 0 atom stereocenters. The Balaban J connectivity index is 1.85. The molecule has 0 aliphatic heterocycles. The van der Waals surface area contributed by atoms with Crippen molar-refractivity contribution >= 4 is 11.3 Å². The molecule has 0 saturated heterocycles. The minimum atomic E-state index is 0.719. The molecule has 3 rings (SSSR count). The second-order valence-electron chi connectivity index (χ2n) is 5.52. The summed E-state index contributed by atoms with van der Waals surface area (Å²) in [6, 6.07) is 12.0. The summed E-state index contributed by atoms with van der Waals surface area (Å²) in [7, 11) is 5.32. The van der Waals surface area contributed by atoms with Gasteiger partial charge in [0.25, 0.3) is 0 Å². The van der Waals surface area contributed by atoms with E-state index in [9.17, 15) is 0 Å². The highest BCUT2D eigenvalue weighted by Crippen LogP contribution is 2.31. The lowest BCUT2D eigenvalue weighted by Gasteiger charge is -2.19. The number of methoxy groups -OCH3 is 2. The summed E-state index contributed by atoms with van der Waals surface area (Å²) in [4.78, 5) is 6.82. The fourth-order valence-corrected chi connectivity index (χ4v) is 2.67. The van der Waals surface area contributed by atoms with Gasteiger partial charge in [-0.05, 0) is 31.2 Å². The van der Waals surface area contributed by atoms with Gasteiger partial charge in [0.1, 0.15) is 5.65 Å². The number of rotatable bonds is 5. The highest BCUT2D eigenvalue weighted by atomic mass is 16.5. The predicted octanol–water partition coefficient (Wildman–Crippen LogP) is 3.30. The van der Waals surface area contributed by atoms with Crippen molar-refractivity contribution in [2.75, 3.05) is 26.2 Å². The average molecular weight is 311 g/mol. The van der Waals surface area contributed by atoms with E-state index in [1.165, 1.54) is 5.69 Å². The number of nitrogens with zero attached hydrogens (tertiary/aromatic N) is 3. The zero-order valence-electron chi connectivity index (χ0n) is 13.9. The van der Waals surface area contributed by atoms with Crippen LogP contribution in [0.5, 0.6) is 11.5 Å². The number of hydrogen-bond acceptors (Lipinski definition) is 4. The summed E-state index contributed by atoms with van der Waals surface area (Å²) in [5.41, 5.74) is 4.23. The quantitative estimate of drug-likeness (QED) is 0.725. The van der Waals surface area contributed by atoms with Crippen LogP contribution in [0.25, 0.3) is 5.65 Å². The third kappa shape index (κ3) is 2.95. The van der Waals surface area contributed by atoms with Crippen LogP contribution in [0.4, 0.5) is 5.69 Å². The van der Waals surface area contributed by atoms with Crippen LogP contribution in [-0.4, -0.2) is 30.7 Å². The standard InChI is InChI=1S/C18H21N3O2/c1-13-6-5-7-18-19-14(12-21(13)18)11-20(2)15-8-9-16(22-3)17(10-15)23-4/h5-10,12H,11H2,1-4H3. The minimum Gasteiger partial charge on any atom is -0.493 e. The van der Waals surface area contributed by atoms with Crippen LogP contribution >= 0.6 is 0 Å². The molecule has 23 heavy (non-hydrogen) atoms. The van der Waals surface area contributed by atoms with Gasteiger partial charge >= 0.3 is 0 Å². The van der Waals surface area contributed by atoms with E-state index < -0.39 is 0 Å². The van der Waals surface area contributed by atoms with Crippen molar-refractivity contribution in [2.24, 2.45) is 0 Å². The van der Waals surface area contributed by atoms with E-state index >= 15 is 0 Å². The Labute approximate surface area is 136 Å². The van der Waals surface area contributed by atoms with Crippen LogP contribution in [-0.2, 0) is 6.54 Å². The molecule has 2 aromatic heterocycles. The number of pyridine rings is 1. The van der Waals surface area contributed by atoms with Crippen LogP contribution in [0, 0.1) is 6.92 Å². The normalized spacial score (nSPS) is 10.8. The van der Waals surface area contributed by atoms with Gasteiger partial charge in [-0.3, -0.25) is 0 Å². The number of aromatic nitrogens is 2. The Morgan fingerprint density at radius 1 is 1.09 bits per heavy atom. The van der Waals surface area contributed by atoms with E-state index in [1.807, 2.05) is 37.4 Å². The number of hydrogen-bond donors (Lipinski definition) is 0. The number of aryl methyl sites for hydroxylation is 1. The van der Waals surface area contributed by atoms with Crippen molar-refractivity contribution in [3.63, 3.8) is 0 Å². The summed E-state index contributed by atoms with van der Waals surface area (Å²) in [5.74, 6) is 1.45. The van der Waals surface area contributed by atoms with Gasteiger partial charge in [-0.15, -0.1) is 0 Å². The maximum atomic E-state index is 5.37. The molecule has 5 heteroatoms. The van der Waals surface area contributed by atoms with Gasteiger partial charge in [-0.25, -0.2) is 4.98 Å². The van der Waals surface area contributed by atoms with Crippen LogP contribution in [0.15, 0.2) is 42.6 Å². The smallest absolute Gasteiger partial charge is 0.162 e. The molecule has 0 N–H and O–H groups in total. The minimum absolute atomic E-state index is 0.719. The molecule has 0 radical (unpaired) electrons. The second kappa shape index (κ2) is 6.20. The third-order valence-corrected chi connectivity index (χ3v) is 3.95. The van der Waals surface area contributed by atoms with Crippen molar-refractivity contribution in [3.8, 4) is 11.5 Å². The van der Waals surface area contributed by atoms with Crippen molar-refractivity contribution in [1.29, 1.82) is 0 Å². The van der Waals surface area contributed by atoms with E-state index in [0.717, 1.165) is 35.1 Å². The van der Waals surface area contributed by atoms with Crippen LogP contribution in [0.1, 0.15) is 11.4 Å². The van der Waals surface area contributed by atoms with Crippen LogP contribution in [0.3, 0.4) is 0 Å². The maximum Gasteiger partial charge on any atom is 0.162 e. The van der Waals surface area contributed by atoms with Gasteiger partial charge in [0.15, 0.2) is 11.5 Å². The third-order valence-electron chi connectivity index (χ3n) is 3.95. The van der Waals surface area contributed by atoms with Crippen molar-refractivity contribution in [3.05, 3.63) is 54.0 Å². The Morgan fingerprint density at radius 3 is 2.57 bits per heavy atom. The molecule has 0 bridgehead atoms. The summed E-state index contributed by atoms with van der Waals surface area (Å²) < 4.78 is 12.8. The highest BCUT2D eigenvalue weighted by Gasteiger charge is 2.10. The number of anilines is 1. The Hall–Kier alpha value is -2.69. The topological polar surface area (TPSA) is 39.0 Å². The van der Waals surface area contributed by atoms with Gasteiger partial charge in [0.2, 0.25) is 0 Å². The molecule has 3 aromatic rings. The van der Waals surface area contributed by atoms with Crippen LogP contribution in [0.2, 0.25) is 0 Å². The first-order chi connectivity index (χ1) is 11.1. The van der Waals surface area contributed by atoms with Gasteiger partial charge in [0, 0.05) is 30.7 Å². The zero-order valence-corrected chi connectivity index (χ0v) is 13.9. The fourth-order valence-electron chi connectivity index (χ4n) is 2.67. The monoisotopic (exact) mass is 311 g/mol. The summed E-state index contributed by atoms with van der Waals surface area (Å²) >= 11 is 0. The molecule has 0 spiro atoms. The van der Waals surface area contributed by atoms with Crippen LogP contribution < -0.4 is 14.4 Å². The van der Waals surface area contributed by atoms with E-state index in [2.05, 4.69) is 33.5 Å². The molecular weight excluding hydrogens is 290 g/mol. The molecule has 0 fully saturated rings. The Morgan fingerprint density at radius 2 is 1.87 bits per heavy atom. The SMILES string of the molecule is COc1ccc(N(C)Cc2cn3c(C)cccc3n2)cc1OC. The first-order valence-electron chi connectivity index (χ1n) is 7.49. The summed E-state index contributed by atoms with van der Waals surface area (Å²) in [6.07, 6.45) is 2.09. The molecule has 5 nitrogen and oxygen atoms in total. The van der Waals surface area contributed by atoms with Crippen molar-refractivity contribution in [1.82, 2.24) is 9.38 Å². The first-order valence-corrected chi connectivity index (χ1v) is 7.49. The predicted molar refractivity (Wildman–Crippen MR) is 91.6 cm³/mol. The maximum absolute atomic E-state index is 5.37. The Kier molecular flexibility index (Phi) is 4.10. The Bertz CT molecular complexity index is 826. The lowest BCUT2D eigenvalue weighted by Crippen LogP contribution is -2.16. The molecular formula is C18H21N3O2. The summed E-state index contributed by atoms with van der Waals surface area (Å²) in [5, 5.41) is 0. The van der Waals surface area contributed by atoms with E-state index in [4.69, 9.17) is 9.47 Å². The lowest BCUT2D eigenvalue weighted by atomic mass is 10.2. The highest BCUT2D eigenvalue weighted by molar-refractivity contribution is 5.56. The van der Waals surface area contributed by atoms with Gasteiger partial charge < -0.3 is 18.8 Å². The molecule has 2 heterocycles.